The summed E-state index contributed by atoms with van der Waals surface area (Å²) >= 11 is 0. The van der Waals surface area contributed by atoms with Crippen LogP contribution in [0.1, 0.15) is 135 Å². The Morgan fingerprint density at radius 3 is 1.98 bits per heavy atom. The van der Waals surface area contributed by atoms with Gasteiger partial charge in [0, 0.05) is 79.0 Å². The van der Waals surface area contributed by atoms with Crippen LogP contribution in [-0.2, 0) is 31.8 Å². The summed E-state index contributed by atoms with van der Waals surface area (Å²) < 4.78 is 14.1. The van der Waals surface area contributed by atoms with Crippen molar-refractivity contribution in [3.63, 3.8) is 0 Å². The fraction of sp³-hybridized carbons (Fsp3) is 0.403. The standard InChI is InChI=1S/C67H81N11O5/c1-8-10-45-82-53-39-35-51(36-40-53)73-74-52-37-41-54(42-38-52)83-46-21-30-62(79)68-43-18-17-24-57(65(81)69-47-49-31-33-50(34-32-49)64-75-71-48(3)72-76-64)70-63(80)29-12-11-19-44-78-59-26-16-14-23-56(59)67(6,7)61(78)28-20-27-60-66(4,5)55-22-13-15-25-58(55)77(60)9-2/h13-16,20,22-23,25-28,31-42,57H,8-12,17-19,21,24,29-30,43-47H2,1-7H3,(H2-,68,69,70,79,80,81)/p+1. The number of hydrogen-bond acceptors (Lipinski definition) is 12. The van der Waals surface area contributed by atoms with Crippen molar-refractivity contribution >= 4 is 46.2 Å². The average molecular weight is 1120 g/mol. The molecule has 2 aliphatic heterocycles. The fourth-order valence-corrected chi connectivity index (χ4v) is 10.7. The van der Waals surface area contributed by atoms with E-state index >= 15 is 0 Å². The number of aryl methyl sites for hydroxylation is 1. The van der Waals surface area contributed by atoms with Crippen LogP contribution >= 0.6 is 0 Å². The summed E-state index contributed by atoms with van der Waals surface area (Å²) in [5, 5.41) is 34.0. The maximum absolute atomic E-state index is 13.8. The van der Waals surface area contributed by atoms with E-state index in [1.807, 2.05) is 72.8 Å². The number of fused-ring (bicyclic) bond motifs is 2. The molecule has 0 saturated carbocycles. The van der Waals surface area contributed by atoms with Gasteiger partial charge in [-0.1, -0.05) is 93.9 Å². The van der Waals surface area contributed by atoms with Crippen molar-refractivity contribution in [2.24, 2.45) is 10.2 Å². The van der Waals surface area contributed by atoms with Gasteiger partial charge < -0.3 is 30.3 Å². The van der Waals surface area contributed by atoms with Crippen molar-refractivity contribution in [2.45, 2.75) is 143 Å². The number of ether oxygens (including phenoxy) is 2. The second kappa shape index (κ2) is 29.5. The minimum atomic E-state index is -0.742. The summed E-state index contributed by atoms with van der Waals surface area (Å²) in [6.07, 6.45) is 14.2. The Morgan fingerprint density at radius 1 is 0.663 bits per heavy atom. The summed E-state index contributed by atoms with van der Waals surface area (Å²) in [5.41, 5.74) is 10.5. The number of benzene rings is 5. The van der Waals surface area contributed by atoms with Gasteiger partial charge in [-0.05, 0) is 144 Å². The summed E-state index contributed by atoms with van der Waals surface area (Å²) in [6.45, 7) is 18.8. The zero-order chi connectivity index (χ0) is 58.6. The molecule has 3 heterocycles. The number of allylic oxidation sites excluding steroid dienone is 4. The molecule has 1 atom stereocenters. The highest BCUT2D eigenvalue weighted by molar-refractivity contribution is 6.03. The smallest absolute Gasteiger partial charge is 0.242 e. The number of hydrogen-bond donors (Lipinski definition) is 3. The Hall–Kier alpha value is -8.40. The molecule has 0 spiro atoms. The number of amides is 3. The molecule has 16 heteroatoms. The SMILES string of the molecule is CCCCOc1ccc(N=Nc2ccc(OCCCC(=O)NCCCCC(NC(=O)CCCCC[N+]3=C(/C=C/C=C4/N(CC)c5ccccc5C4(C)C)C(C)(C)c4ccccc43)C(=O)NCc3ccc(-c4nnc(C)nn4)cc3)cc2)cc1. The number of unbranched alkanes of at least 4 members (excludes halogenated alkanes) is 4. The van der Waals surface area contributed by atoms with Crippen molar-refractivity contribution in [1.29, 1.82) is 0 Å². The first-order valence-electron chi connectivity index (χ1n) is 29.6. The third kappa shape index (κ3) is 16.4. The molecular weight excluding hydrogens is 1040 g/mol. The third-order valence-electron chi connectivity index (χ3n) is 15.4. The van der Waals surface area contributed by atoms with Gasteiger partial charge >= 0.3 is 0 Å². The normalized spacial score (nSPS) is 14.9. The first-order chi connectivity index (χ1) is 40.2. The van der Waals surface area contributed by atoms with Gasteiger partial charge in [0.1, 0.15) is 24.1 Å². The monoisotopic (exact) mass is 1120 g/mol. The minimum absolute atomic E-state index is 0.0700. The van der Waals surface area contributed by atoms with Gasteiger partial charge in [-0.15, -0.1) is 20.4 Å². The molecule has 6 aromatic rings. The van der Waals surface area contributed by atoms with Gasteiger partial charge in [0.05, 0.1) is 30.0 Å². The maximum Gasteiger partial charge on any atom is 0.242 e. The Bertz CT molecular complexity index is 3240. The van der Waals surface area contributed by atoms with Crippen molar-refractivity contribution in [3.8, 4) is 22.9 Å². The summed E-state index contributed by atoms with van der Waals surface area (Å²) in [4.78, 5) is 42.7. The van der Waals surface area contributed by atoms with Crippen LogP contribution in [0.3, 0.4) is 0 Å². The van der Waals surface area contributed by atoms with E-state index in [9.17, 15) is 14.4 Å². The fourth-order valence-electron chi connectivity index (χ4n) is 10.7. The second-order valence-electron chi connectivity index (χ2n) is 22.3. The van der Waals surface area contributed by atoms with Crippen LogP contribution in [0.5, 0.6) is 11.5 Å². The van der Waals surface area contributed by atoms with E-state index in [0.29, 0.717) is 87.8 Å². The molecule has 1 unspecified atom stereocenters. The summed E-state index contributed by atoms with van der Waals surface area (Å²) in [7, 11) is 0. The van der Waals surface area contributed by atoms with Gasteiger partial charge in [-0.25, -0.2) is 0 Å². The molecule has 2 aliphatic rings. The molecule has 16 nitrogen and oxygen atoms in total. The highest BCUT2D eigenvalue weighted by Gasteiger charge is 2.44. The van der Waals surface area contributed by atoms with E-state index < -0.39 is 6.04 Å². The van der Waals surface area contributed by atoms with Crippen molar-refractivity contribution in [1.82, 2.24) is 36.3 Å². The number of para-hydroxylation sites is 2. The number of rotatable bonds is 30. The second-order valence-corrected chi connectivity index (χ2v) is 22.3. The van der Waals surface area contributed by atoms with Crippen LogP contribution in [0, 0.1) is 6.92 Å². The van der Waals surface area contributed by atoms with Crippen molar-refractivity contribution in [3.05, 3.63) is 168 Å². The molecule has 0 fully saturated rings. The largest absolute Gasteiger partial charge is 0.494 e. The van der Waals surface area contributed by atoms with Gasteiger partial charge in [0.2, 0.25) is 29.2 Å². The van der Waals surface area contributed by atoms with Crippen LogP contribution in [0.15, 0.2) is 155 Å². The summed E-state index contributed by atoms with van der Waals surface area (Å²) in [5.74, 6) is 1.91. The minimum Gasteiger partial charge on any atom is -0.494 e. The number of nitrogens with zero attached hydrogens (tertiary/aromatic N) is 8. The molecule has 3 N–H and O–H groups in total. The molecule has 0 saturated heterocycles. The molecular formula is C67H82N11O5+. The Labute approximate surface area is 490 Å². The van der Waals surface area contributed by atoms with Crippen LogP contribution in [0.4, 0.5) is 22.7 Å². The predicted molar refractivity (Wildman–Crippen MR) is 328 cm³/mol. The number of nitrogens with one attached hydrogen (secondary N) is 3. The number of anilines is 1. The Morgan fingerprint density at radius 2 is 1.30 bits per heavy atom. The molecule has 5 aromatic carbocycles. The van der Waals surface area contributed by atoms with Crippen LogP contribution in [0.25, 0.3) is 11.4 Å². The van der Waals surface area contributed by atoms with Crippen LogP contribution in [0.2, 0.25) is 0 Å². The third-order valence-corrected chi connectivity index (χ3v) is 15.4. The lowest BCUT2D eigenvalue weighted by Gasteiger charge is -2.25. The van der Waals surface area contributed by atoms with E-state index in [-0.39, 0.29) is 35.1 Å². The molecule has 0 bridgehead atoms. The van der Waals surface area contributed by atoms with Crippen LogP contribution in [-0.4, -0.2) is 87.3 Å². The first-order valence-corrected chi connectivity index (χ1v) is 29.6. The highest BCUT2D eigenvalue weighted by Crippen LogP contribution is 2.47. The number of carbonyl (C=O) groups excluding carboxylic acids is 3. The lowest BCUT2D eigenvalue weighted by Crippen LogP contribution is -2.46. The topological polar surface area (TPSA) is 188 Å². The maximum atomic E-state index is 13.8. The molecule has 83 heavy (non-hydrogen) atoms. The average Bonchev–Trinajstić information content (AvgIpc) is 2.28. The number of likely N-dealkylation sites (N-methyl/N-ethyl adjacent to an activating group) is 1. The van der Waals surface area contributed by atoms with Gasteiger partial charge in [-0.3, -0.25) is 14.4 Å². The van der Waals surface area contributed by atoms with E-state index in [1.165, 1.54) is 33.9 Å². The first kappa shape index (κ1) is 60.7. The molecule has 1 aromatic heterocycles. The van der Waals surface area contributed by atoms with Crippen molar-refractivity contribution in [2.75, 3.05) is 37.7 Å². The zero-order valence-corrected chi connectivity index (χ0v) is 49.5. The Balaban J connectivity index is 0.799. The number of azo groups is 1. The lowest BCUT2D eigenvalue weighted by molar-refractivity contribution is -0.438. The van der Waals surface area contributed by atoms with E-state index in [0.717, 1.165) is 61.3 Å². The van der Waals surface area contributed by atoms with Gasteiger partial charge in [0.25, 0.3) is 0 Å². The molecule has 0 radical (unpaired) electrons. The van der Waals surface area contributed by atoms with E-state index in [1.54, 1.807) is 6.92 Å². The van der Waals surface area contributed by atoms with Crippen molar-refractivity contribution < 1.29 is 28.4 Å². The predicted octanol–water partition coefficient (Wildman–Crippen LogP) is 13.0. The number of carbonyl (C=O) groups is 3. The molecule has 0 aliphatic carbocycles. The van der Waals surface area contributed by atoms with Crippen LogP contribution < -0.4 is 30.3 Å². The molecule has 8 rings (SSSR count). The quantitative estimate of drug-likeness (QED) is 0.0222. The number of aromatic nitrogens is 4. The Kier molecular flexibility index (Phi) is 21.6. The van der Waals surface area contributed by atoms with Gasteiger partial charge in [-0.2, -0.15) is 14.8 Å². The summed E-state index contributed by atoms with van der Waals surface area (Å²) in [6, 6.07) is 39.1. The molecule has 434 valence electrons. The molecule has 3 amide bonds. The zero-order valence-electron chi connectivity index (χ0n) is 49.5. The van der Waals surface area contributed by atoms with E-state index in [4.69, 9.17) is 9.47 Å². The lowest BCUT2D eigenvalue weighted by atomic mass is 9.81. The van der Waals surface area contributed by atoms with Gasteiger partial charge in [0.15, 0.2) is 11.5 Å². The van der Waals surface area contributed by atoms with E-state index in [2.05, 4.69) is 164 Å². The highest BCUT2D eigenvalue weighted by atomic mass is 16.5.